The van der Waals surface area contributed by atoms with Crippen molar-refractivity contribution in [1.29, 1.82) is 5.26 Å². The van der Waals surface area contributed by atoms with Crippen molar-refractivity contribution in [2.75, 3.05) is 0 Å². The molecule has 1 aromatic carbocycles. The Balaban J connectivity index is 2.37. The first-order valence-corrected chi connectivity index (χ1v) is 4.86. The molecule has 0 saturated carbocycles. The number of hydrogen-bond acceptors (Lipinski definition) is 4. The topological polar surface area (TPSA) is 87.1 Å². The number of carboxylic acids is 1. The summed E-state index contributed by atoms with van der Waals surface area (Å²) < 4.78 is 5.31. The van der Waals surface area contributed by atoms with E-state index in [9.17, 15) is 4.79 Å². The fraction of sp³-hybridized carbons (Fsp3) is 0.0833. The second-order valence-electron chi connectivity index (χ2n) is 3.34. The highest BCUT2D eigenvalue weighted by Gasteiger charge is 2.05. The Hall–Kier alpha value is -2.61. The Morgan fingerprint density at radius 1 is 1.59 bits per heavy atom. The molecule has 0 radical (unpaired) electrons. The van der Waals surface area contributed by atoms with E-state index in [1.807, 2.05) is 6.07 Å². The summed E-state index contributed by atoms with van der Waals surface area (Å²) in [4.78, 5) is 14.5. The van der Waals surface area contributed by atoms with Gasteiger partial charge in [0.25, 0.3) is 0 Å². The highest BCUT2D eigenvalue weighted by atomic mass is 16.4. The molecule has 1 N–H and O–H groups in total. The van der Waals surface area contributed by atoms with E-state index < -0.39 is 5.97 Å². The van der Waals surface area contributed by atoms with E-state index in [1.54, 1.807) is 18.2 Å². The van der Waals surface area contributed by atoms with Gasteiger partial charge in [-0.1, -0.05) is 6.07 Å². The predicted octanol–water partition coefficient (Wildman–Crippen LogP) is 1.99. The Morgan fingerprint density at radius 2 is 2.41 bits per heavy atom. The fourth-order valence-electron chi connectivity index (χ4n) is 1.41. The summed E-state index contributed by atoms with van der Waals surface area (Å²) in [6.45, 7) is 0. The monoisotopic (exact) mass is 228 g/mol. The van der Waals surface area contributed by atoms with Crippen LogP contribution in [0, 0.1) is 11.3 Å². The van der Waals surface area contributed by atoms with Crippen LogP contribution in [0.15, 0.2) is 28.7 Å². The maximum absolute atomic E-state index is 10.4. The average Bonchev–Trinajstić information content (AvgIpc) is 2.68. The van der Waals surface area contributed by atoms with Gasteiger partial charge in [-0.05, 0) is 23.8 Å². The summed E-state index contributed by atoms with van der Waals surface area (Å²) in [5.74, 6) is -0.641. The molecule has 0 saturated heterocycles. The minimum Gasteiger partial charge on any atom is -0.478 e. The van der Waals surface area contributed by atoms with Gasteiger partial charge in [0.15, 0.2) is 5.58 Å². The van der Waals surface area contributed by atoms with Crippen molar-refractivity contribution in [1.82, 2.24) is 4.98 Å². The summed E-state index contributed by atoms with van der Waals surface area (Å²) >= 11 is 0. The van der Waals surface area contributed by atoms with Crippen molar-refractivity contribution in [3.63, 3.8) is 0 Å². The maximum atomic E-state index is 10.4. The van der Waals surface area contributed by atoms with Gasteiger partial charge in [0.2, 0.25) is 5.89 Å². The van der Waals surface area contributed by atoms with Gasteiger partial charge in [0.1, 0.15) is 11.9 Å². The molecule has 0 spiro atoms. The van der Waals surface area contributed by atoms with E-state index in [1.165, 1.54) is 6.08 Å². The molecular formula is C12H8N2O3. The number of rotatable bonds is 3. The number of aromatic nitrogens is 1. The van der Waals surface area contributed by atoms with Gasteiger partial charge >= 0.3 is 5.97 Å². The van der Waals surface area contributed by atoms with Gasteiger partial charge in [-0.15, -0.1) is 0 Å². The predicted molar refractivity (Wildman–Crippen MR) is 60.0 cm³/mol. The van der Waals surface area contributed by atoms with E-state index in [0.29, 0.717) is 17.0 Å². The first-order chi connectivity index (χ1) is 8.19. The Bertz CT molecular complexity index is 635. The van der Waals surface area contributed by atoms with E-state index in [2.05, 4.69) is 4.98 Å². The van der Waals surface area contributed by atoms with Crippen LogP contribution in [0.3, 0.4) is 0 Å². The lowest BCUT2D eigenvalue weighted by atomic mass is 10.2. The summed E-state index contributed by atoms with van der Waals surface area (Å²) in [6, 6.07) is 7.08. The molecule has 17 heavy (non-hydrogen) atoms. The number of carbonyl (C=O) groups is 1. The van der Waals surface area contributed by atoms with E-state index in [-0.39, 0.29) is 6.42 Å². The van der Waals surface area contributed by atoms with Gasteiger partial charge in [-0.2, -0.15) is 5.26 Å². The molecule has 0 unspecified atom stereocenters. The zero-order valence-electron chi connectivity index (χ0n) is 8.75. The zero-order valence-corrected chi connectivity index (χ0v) is 8.75. The molecule has 0 amide bonds. The molecule has 1 heterocycles. The Kier molecular flexibility index (Phi) is 2.88. The summed E-state index contributed by atoms with van der Waals surface area (Å²) in [6.07, 6.45) is 2.65. The molecule has 0 atom stereocenters. The van der Waals surface area contributed by atoms with Crippen molar-refractivity contribution in [2.24, 2.45) is 0 Å². The number of aliphatic carboxylic acids is 1. The van der Waals surface area contributed by atoms with Crippen molar-refractivity contribution in [3.8, 4) is 6.07 Å². The second kappa shape index (κ2) is 4.49. The molecule has 0 aliphatic carbocycles. The normalized spacial score (nSPS) is 10.8. The number of fused-ring (bicyclic) bond motifs is 1. The molecule has 2 aromatic rings. The molecule has 5 heteroatoms. The lowest BCUT2D eigenvalue weighted by Crippen LogP contribution is -1.85. The molecule has 0 aliphatic rings. The third kappa shape index (κ3) is 2.49. The van der Waals surface area contributed by atoms with Crippen LogP contribution < -0.4 is 0 Å². The average molecular weight is 228 g/mol. The first-order valence-electron chi connectivity index (χ1n) is 4.86. The SMILES string of the molecule is N#CCc1nc2cc(/C=C/C(=O)O)ccc2o1. The number of nitriles is 1. The number of nitrogens with zero attached hydrogens (tertiary/aromatic N) is 2. The van der Waals surface area contributed by atoms with Gasteiger partial charge in [-0.3, -0.25) is 0 Å². The summed E-state index contributed by atoms with van der Waals surface area (Å²) in [7, 11) is 0. The largest absolute Gasteiger partial charge is 0.478 e. The van der Waals surface area contributed by atoms with Crippen molar-refractivity contribution in [3.05, 3.63) is 35.7 Å². The minimum atomic E-state index is -1.00. The number of benzene rings is 1. The van der Waals surface area contributed by atoms with Crippen LogP contribution in [-0.4, -0.2) is 16.1 Å². The number of oxazole rings is 1. The molecule has 2 rings (SSSR count). The van der Waals surface area contributed by atoms with E-state index in [4.69, 9.17) is 14.8 Å². The number of carboxylic acid groups (broad SMARTS) is 1. The molecule has 1 aromatic heterocycles. The van der Waals surface area contributed by atoms with E-state index >= 15 is 0 Å². The Labute approximate surface area is 96.6 Å². The maximum Gasteiger partial charge on any atom is 0.328 e. The van der Waals surface area contributed by atoms with Crippen LogP contribution in [0.5, 0.6) is 0 Å². The zero-order chi connectivity index (χ0) is 12.3. The van der Waals surface area contributed by atoms with Crippen LogP contribution in [0.25, 0.3) is 17.2 Å². The summed E-state index contributed by atoms with van der Waals surface area (Å²) in [5.41, 5.74) is 1.92. The Morgan fingerprint density at radius 3 is 3.12 bits per heavy atom. The molecule has 0 bridgehead atoms. The third-order valence-corrected chi connectivity index (χ3v) is 2.10. The van der Waals surface area contributed by atoms with Crippen LogP contribution in [0.1, 0.15) is 11.5 Å². The number of hydrogen-bond donors (Lipinski definition) is 1. The molecule has 0 aliphatic heterocycles. The van der Waals surface area contributed by atoms with Crippen molar-refractivity contribution in [2.45, 2.75) is 6.42 Å². The quantitative estimate of drug-likeness (QED) is 0.811. The molecule has 0 fully saturated rings. The van der Waals surface area contributed by atoms with Gasteiger partial charge in [0.05, 0.1) is 6.07 Å². The van der Waals surface area contributed by atoms with Gasteiger partial charge < -0.3 is 9.52 Å². The van der Waals surface area contributed by atoms with Crippen LogP contribution in [0.4, 0.5) is 0 Å². The van der Waals surface area contributed by atoms with E-state index in [0.717, 1.165) is 11.6 Å². The standard InChI is InChI=1S/C12H8N2O3/c13-6-5-11-14-9-7-8(2-4-12(15)16)1-3-10(9)17-11/h1-4,7H,5H2,(H,15,16)/b4-2+. The fourth-order valence-corrected chi connectivity index (χ4v) is 1.41. The second-order valence-corrected chi connectivity index (χ2v) is 3.34. The third-order valence-electron chi connectivity index (χ3n) is 2.10. The van der Waals surface area contributed by atoms with Crippen LogP contribution in [-0.2, 0) is 11.2 Å². The molecular weight excluding hydrogens is 220 g/mol. The minimum absolute atomic E-state index is 0.120. The lowest BCUT2D eigenvalue weighted by molar-refractivity contribution is -0.131. The van der Waals surface area contributed by atoms with Gasteiger partial charge in [0, 0.05) is 6.08 Å². The van der Waals surface area contributed by atoms with Crippen molar-refractivity contribution >= 4 is 23.1 Å². The van der Waals surface area contributed by atoms with Crippen molar-refractivity contribution < 1.29 is 14.3 Å². The smallest absolute Gasteiger partial charge is 0.328 e. The first kappa shape index (κ1) is 10.9. The molecule has 5 nitrogen and oxygen atoms in total. The van der Waals surface area contributed by atoms with Crippen LogP contribution in [0.2, 0.25) is 0 Å². The van der Waals surface area contributed by atoms with Crippen LogP contribution >= 0.6 is 0 Å². The summed E-state index contributed by atoms with van der Waals surface area (Å²) in [5, 5.41) is 17.0. The lowest BCUT2D eigenvalue weighted by Gasteiger charge is -1.90. The van der Waals surface area contributed by atoms with Gasteiger partial charge in [-0.25, -0.2) is 9.78 Å². The highest BCUT2D eigenvalue weighted by Crippen LogP contribution is 2.18. The molecule has 84 valence electrons. The highest BCUT2D eigenvalue weighted by molar-refractivity contribution is 5.86.